The Morgan fingerprint density at radius 3 is 0.933 bits per heavy atom. The minimum Gasteiger partial charge on any atom is -0.311 e. The fourth-order valence-electron chi connectivity index (χ4n) is 16.3. The topological polar surface area (TPSA) is 16.2 Å². The van der Waals surface area contributed by atoms with Crippen LogP contribution in [0.25, 0.3) is 0 Å². The minimum absolute atomic E-state index is 0.0123. The highest BCUT2D eigenvalue weighted by Gasteiger charge is 2.48. The maximum absolute atomic E-state index is 2.68. The van der Waals surface area contributed by atoms with Crippen molar-refractivity contribution in [2.45, 2.75) is 167 Å². The van der Waals surface area contributed by atoms with Crippen molar-refractivity contribution in [2.75, 3.05) is 24.5 Å². The fourth-order valence-corrected chi connectivity index (χ4v) is 17.5. The summed E-state index contributed by atoms with van der Waals surface area (Å²) in [4.78, 5) is 15.4. The number of nitrogens with zero attached hydrogens (tertiary/aromatic N) is 5. The molecule has 4 aliphatic heterocycles. The molecule has 518 valence electrons. The molecule has 8 heteroatoms. The molecule has 0 N–H and O–H groups in total. The van der Waals surface area contributed by atoms with E-state index < -0.39 is 0 Å². The van der Waals surface area contributed by atoms with Crippen LogP contribution < -0.4 is 57.3 Å². The second-order valence-electron chi connectivity index (χ2n) is 35.6. The quantitative estimate of drug-likeness (QED) is 0.133. The molecule has 0 unspecified atom stereocenters. The third-order valence-electron chi connectivity index (χ3n) is 22.2. The van der Waals surface area contributed by atoms with E-state index in [2.05, 4.69) is 410 Å². The van der Waals surface area contributed by atoms with Gasteiger partial charge in [0.05, 0.1) is 5.69 Å². The molecule has 16 rings (SSSR count). The van der Waals surface area contributed by atoms with Crippen molar-refractivity contribution >= 4 is 143 Å². The summed E-state index contributed by atoms with van der Waals surface area (Å²) in [5, 5.41) is 0. The van der Waals surface area contributed by atoms with E-state index in [9.17, 15) is 0 Å². The molecule has 0 spiro atoms. The third-order valence-corrected chi connectivity index (χ3v) is 23.4. The lowest BCUT2D eigenvalue weighted by molar-refractivity contribution is 0.590. The molecule has 104 heavy (non-hydrogen) atoms. The van der Waals surface area contributed by atoms with Gasteiger partial charge in [0.25, 0.3) is 6.71 Å². The van der Waals surface area contributed by atoms with Gasteiger partial charge in [0.15, 0.2) is 0 Å². The maximum Gasteiger partial charge on any atom is 0.252 e. The summed E-state index contributed by atoms with van der Waals surface area (Å²) in [5.74, 6) is 0. The number of hydrogen-bond acceptors (Lipinski definition) is 6. The lowest BCUT2D eigenvalue weighted by Crippen LogP contribution is -2.64. The Hall–Kier alpha value is -9.88. The zero-order chi connectivity index (χ0) is 72.9. The van der Waals surface area contributed by atoms with E-state index in [1.165, 1.54) is 87.3 Å². The van der Waals surface area contributed by atoms with Crippen molar-refractivity contribution in [3.63, 3.8) is 0 Å². The third kappa shape index (κ3) is 12.0. The number of para-hydroxylation sites is 2. The van der Waals surface area contributed by atoms with Crippen LogP contribution in [0.5, 0.6) is 0 Å². The summed E-state index contributed by atoms with van der Waals surface area (Å²) in [7, 11) is 0. The Labute approximate surface area is 624 Å². The molecule has 12 aromatic rings. The summed E-state index contributed by atoms with van der Waals surface area (Å²) >= 11 is 1.92. The highest BCUT2D eigenvalue weighted by molar-refractivity contribution is 8.00. The molecular formula is C96H97B2N5S. The number of rotatable bonds is 9. The molecule has 12 aromatic carbocycles. The van der Waals surface area contributed by atoms with Crippen LogP contribution >= 0.6 is 11.8 Å². The first-order valence-electron chi connectivity index (χ1n) is 37.5. The summed E-state index contributed by atoms with van der Waals surface area (Å²) in [5.41, 5.74) is 32.2. The molecular weight excluding hydrogens is 1280 g/mol. The predicted molar refractivity (Wildman–Crippen MR) is 452 cm³/mol. The van der Waals surface area contributed by atoms with Crippen molar-refractivity contribution in [3.05, 3.63) is 294 Å². The molecule has 0 aliphatic carbocycles. The Kier molecular flexibility index (Phi) is 16.4. The lowest BCUT2D eigenvalue weighted by atomic mass is 9.30. The van der Waals surface area contributed by atoms with E-state index in [0.717, 1.165) is 73.9 Å². The van der Waals surface area contributed by atoms with Gasteiger partial charge < -0.3 is 24.5 Å². The zero-order valence-electron chi connectivity index (χ0n) is 64.1. The van der Waals surface area contributed by atoms with E-state index in [0.29, 0.717) is 0 Å². The average molecular weight is 1370 g/mol. The Balaban J connectivity index is 1.01. The standard InChI is InChI=1S/C96H97B2N5S/c1-91(2,3)62-32-44-69(45-33-62)99(70-46-34-63(35-47-70)92(4,5)6)75-56-84-89-85(57-75)102(73-52-40-66(41-53-73)95(13,14)15)82-61-83-80(60-79(82)97(89)77-28-22-24-30-81(77)101(84)68-26-20-19-21-27-68)98-78-29-23-25-31-87(78)104-88-59-76(58-86(90(88)98)103(83)74-54-42-67(43-55-74)96(16,17)18)100(71-48-36-64(37-49-71)93(7,8)9)72-50-38-65(39-51-72)94(10,11)12/h19-61H,1-18H3. The maximum atomic E-state index is 2.68. The van der Waals surface area contributed by atoms with Gasteiger partial charge in [-0.25, -0.2) is 0 Å². The predicted octanol–water partition coefficient (Wildman–Crippen LogP) is 23.3. The smallest absolute Gasteiger partial charge is 0.252 e. The molecule has 0 aromatic heterocycles. The van der Waals surface area contributed by atoms with E-state index in [4.69, 9.17) is 0 Å². The summed E-state index contributed by atoms with van der Waals surface area (Å²) in [6.07, 6.45) is 0. The monoisotopic (exact) mass is 1370 g/mol. The Morgan fingerprint density at radius 2 is 0.538 bits per heavy atom. The molecule has 4 aliphatic rings. The van der Waals surface area contributed by atoms with Crippen LogP contribution in [-0.4, -0.2) is 13.4 Å². The second kappa shape index (κ2) is 24.9. The van der Waals surface area contributed by atoms with Gasteiger partial charge in [-0.1, -0.05) is 275 Å². The van der Waals surface area contributed by atoms with Crippen LogP contribution in [0, 0.1) is 0 Å². The van der Waals surface area contributed by atoms with E-state index in [1.54, 1.807) is 0 Å². The van der Waals surface area contributed by atoms with E-state index >= 15 is 0 Å². The molecule has 0 saturated carbocycles. The highest BCUT2D eigenvalue weighted by atomic mass is 32.2. The summed E-state index contributed by atoms with van der Waals surface area (Å²) in [6.45, 7) is 41.3. The molecule has 0 radical (unpaired) electrons. The molecule has 0 bridgehead atoms. The largest absolute Gasteiger partial charge is 0.311 e. The summed E-state index contributed by atoms with van der Waals surface area (Å²) < 4.78 is 0. The van der Waals surface area contributed by atoms with Gasteiger partial charge >= 0.3 is 0 Å². The molecule has 0 amide bonds. The first kappa shape index (κ1) is 68.5. The van der Waals surface area contributed by atoms with Crippen LogP contribution in [0.15, 0.2) is 271 Å². The van der Waals surface area contributed by atoms with Crippen molar-refractivity contribution in [1.29, 1.82) is 0 Å². The van der Waals surface area contributed by atoms with Crippen LogP contribution in [-0.2, 0) is 32.5 Å². The molecule has 0 saturated heterocycles. The van der Waals surface area contributed by atoms with Gasteiger partial charge in [0, 0.05) is 89.4 Å². The van der Waals surface area contributed by atoms with E-state index in [1.807, 2.05) is 11.8 Å². The molecule has 4 heterocycles. The minimum atomic E-state index is -0.167. The zero-order valence-corrected chi connectivity index (χ0v) is 64.9. The first-order valence-corrected chi connectivity index (χ1v) is 38.3. The van der Waals surface area contributed by atoms with Crippen molar-refractivity contribution < 1.29 is 0 Å². The van der Waals surface area contributed by atoms with Gasteiger partial charge in [0.1, 0.15) is 0 Å². The lowest BCUT2D eigenvalue weighted by Gasteiger charge is -2.47. The van der Waals surface area contributed by atoms with E-state index in [-0.39, 0.29) is 45.9 Å². The number of anilines is 15. The average Bonchev–Trinajstić information content (AvgIpc) is 0.686. The van der Waals surface area contributed by atoms with Gasteiger partial charge in [-0.3, -0.25) is 0 Å². The molecule has 0 atom stereocenters. The number of fused-ring (bicyclic) bond motifs is 8. The highest BCUT2D eigenvalue weighted by Crippen LogP contribution is 2.53. The van der Waals surface area contributed by atoms with Gasteiger partial charge in [-0.15, -0.1) is 0 Å². The Morgan fingerprint density at radius 1 is 0.231 bits per heavy atom. The Bertz CT molecular complexity index is 5160. The van der Waals surface area contributed by atoms with Crippen LogP contribution in [0.3, 0.4) is 0 Å². The SMILES string of the molecule is CC(C)(C)c1ccc(N(c2ccc(C(C)(C)C)cc2)c2cc3c4c(c2)N(c2ccc(C(C)(C)C)cc2)c2cc5c(cc2B4c2ccccc2S3)B2c3ccccc3N(c3ccccc3)c3cc(N(c4ccc(C(C)(C)C)cc4)c4ccc(C(C)(C)C)cc4)cc(c32)N5c2ccc(C(C)(C)C)cc2)cc1. The van der Waals surface area contributed by atoms with Crippen LogP contribution in [0.1, 0.15) is 158 Å². The van der Waals surface area contributed by atoms with Gasteiger partial charge in [-0.2, -0.15) is 0 Å². The fraction of sp³-hybridized carbons (Fsp3) is 0.250. The van der Waals surface area contributed by atoms with Crippen molar-refractivity contribution in [3.8, 4) is 0 Å². The van der Waals surface area contributed by atoms with Crippen molar-refractivity contribution in [2.24, 2.45) is 0 Å². The van der Waals surface area contributed by atoms with Gasteiger partial charge in [0.2, 0.25) is 6.71 Å². The van der Waals surface area contributed by atoms with Crippen LogP contribution in [0.2, 0.25) is 0 Å². The van der Waals surface area contributed by atoms with Crippen molar-refractivity contribution in [1.82, 2.24) is 0 Å². The normalized spacial score (nSPS) is 13.9. The number of hydrogen-bond donors (Lipinski definition) is 0. The van der Waals surface area contributed by atoms with Crippen LogP contribution in [0.4, 0.5) is 85.3 Å². The number of benzene rings is 12. The summed E-state index contributed by atoms with van der Waals surface area (Å²) in [6, 6.07) is 101. The van der Waals surface area contributed by atoms with Gasteiger partial charge in [-0.05, 0) is 221 Å². The molecule has 5 nitrogen and oxygen atoms in total. The first-order chi connectivity index (χ1) is 49.4. The molecule has 0 fully saturated rings. The second-order valence-corrected chi connectivity index (χ2v) is 36.7.